The first-order chi connectivity index (χ1) is 26.6. The second-order valence-corrected chi connectivity index (χ2v) is 19.2. The molecule has 0 spiro atoms. The summed E-state index contributed by atoms with van der Waals surface area (Å²) in [4.78, 5) is 4.97. The summed E-state index contributed by atoms with van der Waals surface area (Å²) in [5.74, 6) is 0. The Bertz CT molecular complexity index is 2870. The van der Waals surface area contributed by atoms with Gasteiger partial charge in [0.2, 0.25) is 0 Å². The minimum absolute atomic E-state index is 0.0347. The van der Waals surface area contributed by atoms with E-state index in [0.29, 0.717) is 0 Å². The Morgan fingerprint density at radius 3 is 1.70 bits per heavy atom. The fourth-order valence-electron chi connectivity index (χ4n) is 9.12. The van der Waals surface area contributed by atoms with Gasteiger partial charge in [0, 0.05) is 39.2 Å². The minimum Gasteiger partial charge on any atom is -0.467 e. The second kappa shape index (κ2) is 11.7. The standard InChI is InChI=1S/C51H49BN2O2/c1-30-27-40-45-41(28-30)54(35-22-17-32(18-23-35)50(5,6)7)46-37-24-26-43-44(36-13-11-12-14-42(36)55-43)47(37)56-48(46)52(45)38-29-33(51(8,9)10)19-25-39(38)53(40)34-20-15-31(16-21-34)49(2,3)4/h11-29H,1-10H3. The Hall–Kier alpha value is -5.68. The molecule has 0 bridgehead atoms. The lowest BCUT2D eigenvalue weighted by molar-refractivity contribution is 0.590. The Morgan fingerprint density at radius 2 is 1.07 bits per heavy atom. The van der Waals surface area contributed by atoms with Gasteiger partial charge in [0.05, 0.1) is 16.7 Å². The van der Waals surface area contributed by atoms with Crippen LogP contribution < -0.4 is 26.4 Å². The number of fused-ring (bicyclic) bond motifs is 10. The predicted octanol–water partition coefficient (Wildman–Crippen LogP) is 12.6. The molecule has 0 atom stereocenters. The van der Waals surface area contributed by atoms with Gasteiger partial charge in [-0.2, -0.15) is 0 Å². The van der Waals surface area contributed by atoms with E-state index in [1.54, 1.807) is 0 Å². The molecule has 8 aromatic rings. The van der Waals surface area contributed by atoms with Gasteiger partial charge < -0.3 is 18.6 Å². The fourth-order valence-corrected chi connectivity index (χ4v) is 9.12. The average Bonchev–Trinajstić information content (AvgIpc) is 3.72. The highest BCUT2D eigenvalue weighted by molar-refractivity contribution is 7.00. The number of para-hydroxylation sites is 1. The molecule has 0 amide bonds. The lowest BCUT2D eigenvalue weighted by atomic mass is 9.35. The molecular formula is C51H49BN2O2. The van der Waals surface area contributed by atoms with Crippen molar-refractivity contribution in [3.05, 3.63) is 138 Å². The highest BCUT2D eigenvalue weighted by Crippen LogP contribution is 2.49. The smallest absolute Gasteiger partial charge is 0.297 e. The molecule has 56 heavy (non-hydrogen) atoms. The quantitative estimate of drug-likeness (QED) is 0.166. The van der Waals surface area contributed by atoms with Crippen LogP contribution in [0.15, 0.2) is 124 Å². The maximum atomic E-state index is 7.44. The molecule has 2 aromatic heterocycles. The largest absolute Gasteiger partial charge is 0.467 e. The van der Waals surface area contributed by atoms with Crippen molar-refractivity contribution >= 4 is 90.3 Å². The summed E-state index contributed by atoms with van der Waals surface area (Å²) < 4.78 is 13.9. The van der Waals surface area contributed by atoms with Gasteiger partial charge in [-0.1, -0.05) is 117 Å². The monoisotopic (exact) mass is 732 g/mol. The van der Waals surface area contributed by atoms with Gasteiger partial charge in [-0.05, 0) is 117 Å². The number of nitrogens with zero attached hydrogens (tertiary/aromatic N) is 2. The van der Waals surface area contributed by atoms with E-state index in [4.69, 9.17) is 8.83 Å². The van der Waals surface area contributed by atoms with Crippen LogP contribution in [0, 0.1) is 6.92 Å². The van der Waals surface area contributed by atoms with E-state index in [1.807, 2.05) is 12.1 Å². The van der Waals surface area contributed by atoms with Crippen LogP contribution in [0.2, 0.25) is 0 Å². The summed E-state index contributed by atoms with van der Waals surface area (Å²) in [7, 11) is 0. The average molecular weight is 733 g/mol. The lowest BCUT2D eigenvalue weighted by Crippen LogP contribution is -2.61. The number of hydrogen-bond donors (Lipinski definition) is 0. The molecule has 0 aliphatic carbocycles. The molecule has 0 unspecified atom stereocenters. The molecular weight excluding hydrogens is 683 g/mol. The summed E-state index contributed by atoms with van der Waals surface area (Å²) in [5.41, 5.74) is 18.1. The van der Waals surface area contributed by atoms with Crippen molar-refractivity contribution in [2.24, 2.45) is 0 Å². The summed E-state index contributed by atoms with van der Waals surface area (Å²) in [6, 6.07) is 42.9. The number of anilines is 6. The van der Waals surface area contributed by atoms with E-state index >= 15 is 0 Å². The first kappa shape index (κ1) is 34.8. The summed E-state index contributed by atoms with van der Waals surface area (Å²) in [6.45, 7) is 22.7. The Labute approximate surface area is 330 Å². The second-order valence-electron chi connectivity index (χ2n) is 19.2. The van der Waals surface area contributed by atoms with Gasteiger partial charge in [0.1, 0.15) is 16.7 Å². The van der Waals surface area contributed by atoms with E-state index in [-0.39, 0.29) is 23.0 Å². The van der Waals surface area contributed by atoms with E-state index in [9.17, 15) is 0 Å². The Morgan fingerprint density at radius 1 is 0.500 bits per heavy atom. The molecule has 278 valence electrons. The molecule has 0 radical (unpaired) electrons. The summed E-state index contributed by atoms with van der Waals surface area (Å²) >= 11 is 0. The zero-order valence-electron chi connectivity index (χ0n) is 34.3. The molecule has 4 nitrogen and oxygen atoms in total. The van der Waals surface area contributed by atoms with Crippen molar-refractivity contribution in [3.63, 3.8) is 0 Å². The summed E-state index contributed by atoms with van der Waals surface area (Å²) in [6.07, 6.45) is 0. The molecule has 2 aliphatic heterocycles. The van der Waals surface area contributed by atoms with Crippen LogP contribution in [0.4, 0.5) is 34.1 Å². The van der Waals surface area contributed by atoms with Crippen LogP contribution >= 0.6 is 0 Å². The van der Waals surface area contributed by atoms with Gasteiger partial charge in [0.25, 0.3) is 6.71 Å². The van der Waals surface area contributed by atoms with Crippen molar-refractivity contribution in [2.45, 2.75) is 85.5 Å². The topological polar surface area (TPSA) is 32.8 Å². The van der Waals surface area contributed by atoms with Crippen molar-refractivity contribution in [1.82, 2.24) is 0 Å². The van der Waals surface area contributed by atoms with Gasteiger partial charge in [0.15, 0.2) is 0 Å². The molecule has 10 rings (SSSR count). The van der Waals surface area contributed by atoms with E-state index < -0.39 is 0 Å². The minimum atomic E-state index is -0.135. The first-order valence-corrected chi connectivity index (χ1v) is 20.0. The van der Waals surface area contributed by atoms with Crippen LogP contribution in [-0.2, 0) is 16.2 Å². The summed E-state index contributed by atoms with van der Waals surface area (Å²) in [5, 5.41) is 3.18. The SMILES string of the molecule is Cc1cc2c3c(c1)N(c1ccc(C(C)(C)C)cc1)c1c(oc4c1ccc1oc5ccccc5c14)B3c1cc(C(C)(C)C)ccc1N2c1ccc(C(C)(C)C)cc1. The van der Waals surface area contributed by atoms with Gasteiger partial charge in [-0.3, -0.25) is 0 Å². The number of furan rings is 2. The van der Waals surface area contributed by atoms with E-state index in [2.05, 4.69) is 182 Å². The number of rotatable bonds is 2. The van der Waals surface area contributed by atoms with E-state index in [1.165, 1.54) is 50.2 Å². The first-order valence-electron chi connectivity index (χ1n) is 20.0. The number of benzene rings is 6. The van der Waals surface area contributed by atoms with Crippen LogP contribution in [0.5, 0.6) is 0 Å². The van der Waals surface area contributed by atoms with Crippen molar-refractivity contribution in [1.29, 1.82) is 0 Å². The highest BCUT2D eigenvalue weighted by Gasteiger charge is 2.47. The zero-order valence-corrected chi connectivity index (χ0v) is 34.3. The van der Waals surface area contributed by atoms with Crippen LogP contribution in [0.3, 0.4) is 0 Å². The Kier molecular flexibility index (Phi) is 7.25. The molecule has 5 heteroatoms. The maximum Gasteiger partial charge on any atom is 0.297 e. The molecule has 0 N–H and O–H groups in total. The molecule has 6 aromatic carbocycles. The molecule has 2 aliphatic rings. The lowest BCUT2D eigenvalue weighted by Gasteiger charge is -2.43. The maximum absolute atomic E-state index is 7.44. The van der Waals surface area contributed by atoms with Crippen LogP contribution in [-0.4, -0.2) is 6.71 Å². The van der Waals surface area contributed by atoms with E-state index in [0.717, 1.165) is 55.6 Å². The molecule has 4 heterocycles. The molecule has 0 saturated heterocycles. The van der Waals surface area contributed by atoms with Crippen molar-refractivity contribution in [2.75, 3.05) is 9.80 Å². The van der Waals surface area contributed by atoms with Gasteiger partial charge in [-0.25, -0.2) is 0 Å². The molecule has 0 fully saturated rings. The van der Waals surface area contributed by atoms with Crippen molar-refractivity contribution in [3.8, 4) is 0 Å². The molecule has 0 saturated carbocycles. The van der Waals surface area contributed by atoms with Gasteiger partial charge in [-0.15, -0.1) is 0 Å². The van der Waals surface area contributed by atoms with Crippen molar-refractivity contribution < 1.29 is 8.83 Å². The van der Waals surface area contributed by atoms with Gasteiger partial charge >= 0.3 is 0 Å². The number of hydrogen-bond acceptors (Lipinski definition) is 4. The third-order valence-corrected chi connectivity index (χ3v) is 12.2. The zero-order chi connectivity index (χ0) is 39.1. The van der Waals surface area contributed by atoms with Crippen LogP contribution in [0.1, 0.15) is 84.6 Å². The predicted molar refractivity (Wildman–Crippen MR) is 238 cm³/mol. The third-order valence-electron chi connectivity index (χ3n) is 12.2. The van der Waals surface area contributed by atoms with Crippen LogP contribution in [0.25, 0.3) is 32.9 Å². The normalized spacial score (nSPS) is 14.1. The Balaban J connectivity index is 1.33. The fraction of sp³-hybridized carbons (Fsp3) is 0.255. The number of aryl methyl sites for hydroxylation is 1. The highest BCUT2D eigenvalue weighted by atomic mass is 16.3. The third kappa shape index (κ3) is 5.12.